The Morgan fingerprint density at radius 2 is 2.05 bits per heavy atom. The highest BCUT2D eigenvalue weighted by Gasteiger charge is 2.46. The first-order chi connectivity index (χ1) is 9.31. The van der Waals surface area contributed by atoms with E-state index in [-0.39, 0.29) is 17.7 Å². The maximum absolute atomic E-state index is 11.9. The predicted molar refractivity (Wildman–Crippen MR) is 72.0 cm³/mol. The molecule has 0 amide bonds. The number of phenols is 1. The summed E-state index contributed by atoms with van der Waals surface area (Å²) in [5, 5.41) is 18.7. The molecule has 0 bridgehead atoms. The van der Waals surface area contributed by atoms with E-state index < -0.39 is 23.5 Å². The Labute approximate surface area is 116 Å². The fourth-order valence-electron chi connectivity index (χ4n) is 2.35. The standard InChI is InChI=1S/C15H16O5/c1-15(2)11(8-13(17)18)10(14(19)20-15)7-9-5-3-4-6-12(9)16/h3-7,11,16H,8H2,1-2H3,(H,17,18)/b10-7-. The summed E-state index contributed by atoms with van der Waals surface area (Å²) in [6.07, 6.45) is 1.30. The van der Waals surface area contributed by atoms with Crippen molar-refractivity contribution in [3.63, 3.8) is 0 Å². The zero-order valence-electron chi connectivity index (χ0n) is 11.3. The Hall–Kier alpha value is -2.30. The van der Waals surface area contributed by atoms with Gasteiger partial charge in [0.1, 0.15) is 11.4 Å². The van der Waals surface area contributed by atoms with Crippen molar-refractivity contribution in [2.75, 3.05) is 0 Å². The second-order valence-corrected chi connectivity index (χ2v) is 5.30. The smallest absolute Gasteiger partial charge is 0.335 e. The lowest BCUT2D eigenvalue weighted by molar-refractivity contribution is -0.147. The molecule has 2 rings (SSSR count). The molecule has 1 aromatic rings. The number of carbonyl (C=O) groups excluding carboxylic acids is 1. The van der Waals surface area contributed by atoms with Crippen molar-refractivity contribution in [2.24, 2.45) is 5.92 Å². The molecule has 0 spiro atoms. The molecule has 0 saturated carbocycles. The van der Waals surface area contributed by atoms with Gasteiger partial charge < -0.3 is 14.9 Å². The second-order valence-electron chi connectivity index (χ2n) is 5.30. The number of para-hydroxylation sites is 1. The van der Waals surface area contributed by atoms with E-state index in [1.54, 1.807) is 32.0 Å². The van der Waals surface area contributed by atoms with Gasteiger partial charge in [-0.3, -0.25) is 4.79 Å². The van der Waals surface area contributed by atoms with Crippen LogP contribution in [0.3, 0.4) is 0 Å². The Morgan fingerprint density at radius 3 is 2.65 bits per heavy atom. The number of ether oxygens (including phenoxy) is 1. The summed E-state index contributed by atoms with van der Waals surface area (Å²) < 4.78 is 5.23. The number of rotatable bonds is 3. The molecule has 1 aromatic carbocycles. The van der Waals surface area contributed by atoms with Crippen molar-refractivity contribution in [3.05, 3.63) is 35.4 Å². The molecule has 1 fully saturated rings. The highest BCUT2D eigenvalue weighted by atomic mass is 16.6. The number of carboxylic acid groups (broad SMARTS) is 1. The first kappa shape index (κ1) is 14.1. The minimum absolute atomic E-state index is 0.0339. The van der Waals surface area contributed by atoms with Gasteiger partial charge in [0.05, 0.1) is 6.42 Å². The SMILES string of the molecule is CC1(C)OC(=O)/C(=C\c2ccccc2O)C1CC(=O)O. The molecule has 0 aliphatic carbocycles. The molecular weight excluding hydrogens is 260 g/mol. The summed E-state index contributed by atoms with van der Waals surface area (Å²) in [5.41, 5.74) is -0.127. The summed E-state index contributed by atoms with van der Waals surface area (Å²) in [6.45, 7) is 3.37. The van der Waals surface area contributed by atoms with Crippen LogP contribution >= 0.6 is 0 Å². The van der Waals surface area contributed by atoms with E-state index >= 15 is 0 Å². The van der Waals surface area contributed by atoms with Crippen molar-refractivity contribution in [1.29, 1.82) is 0 Å². The summed E-state index contributed by atoms with van der Waals surface area (Å²) in [4.78, 5) is 22.9. The lowest BCUT2D eigenvalue weighted by Gasteiger charge is -2.23. The summed E-state index contributed by atoms with van der Waals surface area (Å²) in [7, 11) is 0. The maximum atomic E-state index is 11.9. The number of carbonyl (C=O) groups is 2. The first-order valence-electron chi connectivity index (χ1n) is 6.26. The number of hydrogen-bond acceptors (Lipinski definition) is 4. The number of esters is 1. The van der Waals surface area contributed by atoms with Crippen molar-refractivity contribution in [1.82, 2.24) is 0 Å². The van der Waals surface area contributed by atoms with Gasteiger partial charge in [0.15, 0.2) is 0 Å². The summed E-state index contributed by atoms with van der Waals surface area (Å²) in [5.74, 6) is -2.05. The van der Waals surface area contributed by atoms with Crippen LogP contribution in [0.1, 0.15) is 25.8 Å². The van der Waals surface area contributed by atoms with Crippen molar-refractivity contribution >= 4 is 18.0 Å². The van der Waals surface area contributed by atoms with Crippen LogP contribution < -0.4 is 0 Å². The maximum Gasteiger partial charge on any atom is 0.335 e. The zero-order valence-corrected chi connectivity index (χ0v) is 11.3. The summed E-state index contributed by atoms with van der Waals surface area (Å²) >= 11 is 0. The molecular formula is C15H16O5. The number of hydrogen-bond donors (Lipinski definition) is 2. The average molecular weight is 276 g/mol. The Morgan fingerprint density at radius 1 is 1.40 bits per heavy atom. The van der Waals surface area contributed by atoms with Gasteiger partial charge in [0.25, 0.3) is 0 Å². The van der Waals surface area contributed by atoms with Gasteiger partial charge in [-0.1, -0.05) is 18.2 Å². The van der Waals surface area contributed by atoms with Gasteiger partial charge in [0.2, 0.25) is 0 Å². The Balaban J connectivity index is 2.44. The van der Waals surface area contributed by atoms with Crippen molar-refractivity contribution < 1.29 is 24.5 Å². The molecule has 0 aromatic heterocycles. The van der Waals surface area contributed by atoms with Crippen molar-refractivity contribution in [3.8, 4) is 5.75 Å². The van der Waals surface area contributed by atoms with Crippen LogP contribution in [0.4, 0.5) is 0 Å². The van der Waals surface area contributed by atoms with E-state index in [1.807, 2.05) is 0 Å². The number of carboxylic acids is 1. The molecule has 0 radical (unpaired) electrons. The van der Waals surface area contributed by atoms with E-state index in [0.717, 1.165) is 0 Å². The molecule has 5 nitrogen and oxygen atoms in total. The van der Waals surface area contributed by atoms with E-state index in [0.29, 0.717) is 5.56 Å². The molecule has 1 aliphatic rings. The minimum atomic E-state index is -0.996. The van der Waals surface area contributed by atoms with Gasteiger partial charge in [-0.25, -0.2) is 4.79 Å². The molecule has 1 aliphatic heterocycles. The first-order valence-corrected chi connectivity index (χ1v) is 6.26. The molecule has 106 valence electrons. The molecule has 2 N–H and O–H groups in total. The highest BCUT2D eigenvalue weighted by Crippen LogP contribution is 2.40. The van der Waals surface area contributed by atoms with Gasteiger partial charge >= 0.3 is 11.9 Å². The van der Waals surface area contributed by atoms with Gasteiger partial charge in [0, 0.05) is 17.1 Å². The third-order valence-corrected chi connectivity index (χ3v) is 3.43. The molecule has 20 heavy (non-hydrogen) atoms. The normalized spacial score (nSPS) is 22.8. The monoisotopic (exact) mass is 276 g/mol. The van der Waals surface area contributed by atoms with E-state index in [4.69, 9.17) is 9.84 Å². The third-order valence-electron chi connectivity index (χ3n) is 3.43. The van der Waals surface area contributed by atoms with E-state index in [9.17, 15) is 14.7 Å². The quantitative estimate of drug-likeness (QED) is 0.653. The van der Waals surface area contributed by atoms with E-state index in [2.05, 4.69) is 0 Å². The lowest BCUT2D eigenvalue weighted by atomic mass is 9.84. The van der Waals surface area contributed by atoms with Crippen molar-refractivity contribution in [2.45, 2.75) is 25.9 Å². The number of aliphatic carboxylic acids is 1. The molecule has 1 atom stereocenters. The largest absolute Gasteiger partial charge is 0.507 e. The lowest BCUT2D eigenvalue weighted by Crippen LogP contribution is -2.29. The minimum Gasteiger partial charge on any atom is -0.507 e. The zero-order chi connectivity index (χ0) is 14.9. The third kappa shape index (κ3) is 2.66. The van der Waals surface area contributed by atoms with Gasteiger partial charge in [-0.2, -0.15) is 0 Å². The van der Waals surface area contributed by atoms with Gasteiger partial charge in [-0.15, -0.1) is 0 Å². The highest BCUT2D eigenvalue weighted by molar-refractivity contribution is 5.98. The number of benzene rings is 1. The Kier molecular flexibility index (Phi) is 3.53. The summed E-state index contributed by atoms with van der Waals surface area (Å²) in [6, 6.07) is 6.55. The molecule has 1 heterocycles. The van der Waals surface area contributed by atoms with Crippen LogP contribution in [0.15, 0.2) is 29.8 Å². The average Bonchev–Trinajstić information content (AvgIpc) is 2.53. The Bertz CT molecular complexity index is 586. The molecule has 5 heteroatoms. The molecule has 1 saturated heterocycles. The fraction of sp³-hybridized carbons (Fsp3) is 0.333. The van der Waals surface area contributed by atoms with Crippen LogP contribution in [0.2, 0.25) is 0 Å². The predicted octanol–water partition coefficient (Wildman–Crippen LogP) is 2.20. The van der Waals surface area contributed by atoms with Crippen LogP contribution in [-0.2, 0) is 14.3 Å². The van der Waals surface area contributed by atoms with Crippen LogP contribution in [-0.4, -0.2) is 27.8 Å². The van der Waals surface area contributed by atoms with Crippen LogP contribution in [0.5, 0.6) is 5.75 Å². The number of phenolic OH excluding ortho intramolecular Hbond substituents is 1. The second kappa shape index (κ2) is 5.00. The van der Waals surface area contributed by atoms with Crippen LogP contribution in [0, 0.1) is 5.92 Å². The topological polar surface area (TPSA) is 83.8 Å². The fourth-order valence-corrected chi connectivity index (χ4v) is 2.35. The number of aromatic hydroxyl groups is 1. The molecule has 1 unspecified atom stereocenters. The van der Waals surface area contributed by atoms with Gasteiger partial charge in [-0.05, 0) is 26.0 Å². The van der Waals surface area contributed by atoms with Crippen LogP contribution in [0.25, 0.3) is 6.08 Å². The number of cyclic esters (lactones) is 1. The van der Waals surface area contributed by atoms with E-state index in [1.165, 1.54) is 12.1 Å².